The average molecular weight is 448 g/mol. The van der Waals surface area contributed by atoms with Gasteiger partial charge in [0.2, 0.25) is 5.91 Å². The first-order chi connectivity index (χ1) is 15.4. The van der Waals surface area contributed by atoms with Crippen LogP contribution in [0, 0.1) is 5.92 Å². The topological polar surface area (TPSA) is 101 Å². The van der Waals surface area contributed by atoms with Crippen LogP contribution in [0.2, 0.25) is 0 Å². The molecule has 1 aromatic carbocycles. The van der Waals surface area contributed by atoms with Crippen molar-refractivity contribution in [2.24, 2.45) is 5.92 Å². The normalized spacial score (nSPS) is 21.0. The summed E-state index contributed by atoms with van der Waals surface area (Å²) in [7, 11) is 1.65. The maximum atomic E-state index is 12.7. The van der Waals surface area contributed by atoms with Crippen LogP contribution in [0.25, 0.3) is 0 Å². The van der Waals surface area contributed by atoms with Gasteiger partial charge in [-0.25, -0.2) is 4.79 Å². The van der Waals surface area contributed by atoms with Crippen molar-refractivity contribution in [3.8, 4) is 5.75 Å². The first kappa shape index (κ1) is 23.8. The first-order valence-electron chi connectivity index (χ1n) is 11.2. The standard InChI is InChI=1S/C23H33N3O6/c1-4-31-23(29)21-20(32-21)22(28)24-10-9-16(2)15-19(27)26-13-11-25(12-14-26)17-5-7-18(30-3)8-6-17/h5-8,16,20-21H,4,9-15H2,1-3H3,(H,24,28)/t16-,20-,21-/m0/s1. The molecule has 0 radical (unpaired) electrons. The molecule has 9 heteroatoms. The molecular weight excluding hydrogens is 414 g/mol. The third-order valence-corrected chi connectivity index (χ3v) is 5.80. The molecule has 3 rings (SSSR count). The van der Waals surface area contributed by atoms with Crippen molar-refractivity contribution < 1.29 is 28.6 Å². The third-order valence-electron chi connectivity index (χ3n) is 5.80. The Kier molecular flexibility index (Phi) is 8.33. The number of anilines is 1. The Morgan fingerprint density at radius 3 is 2.44 bits per heavy atom. The highest BCUT2D eigenvalue weighted by Crippen LogP contribution is 2.24. The molecule has 0 aliphatic carbocycles. The van der Waals surface area contributed by atoms with Crippen molar-refractivity contribution in [2.75, 3.05) is 51.3 Å². The molecule has 0 aromatic heterocycles. The average Bonchev–Trinajstić information content (AvgIpc) is 3.61. The van der Waals surface area contributed by atoms with Gasteiger partial charge in [-0.2, -0.15) is 0 Å². The van der Waals surface area contributed by atoms with Crippen molar-refractivity contribution in [1.82, 2.24) is 10.2 Å². The van der Waals surface area contributed by atoms with E-state index in [1.807, 2.05) is 36.1 Å². The van der Waals surface area contributed by atoms with Gasteiger partial charge >= 0.3 is 5.97 Å². The zero-order valence-corrected chi connectivity index (χ0v) is 19.0. The summed E-state index contributed by atoms with van der Waals surface area (Å²) < 4.78 is 15.1. The SMILES string of the molecule is CCOC(=O)[C@H]1O[C@@H]1C(=O)NCC[C@H](C)CC(=O)N1CCN(c2ccc(OC)cc2)CC1. The lowest BCUT2D eigenvalue weighted by Crippen LogP contribution is -2.49. The Morgan fingerprint density at radius 2 is 1.81 bits per heavy atom. The number of ether oxygens (including phenoxy) is 3. The highest BCUT2D eigenvalue weighted by atomic mass is 16.6. The number of benzene rings is 1. The third kappa shape index (κ3) is 6.35. The highest BCUT2D eigenvalue weighted by Gasteiger charge is 2.51. The molecule has 32 heavy (non-hydrogen) atoms. The number of epoxide rings is 1. The minimum absolute atomic E-state index is 0.142. The van der Waals surface area contributed by atoms with Crippen LogP contribution in [0.5, 0.6) is 5.75 Å². The van der Waals surface area contributed by atoms with Crippen molar-refractivity contribution in [3.05, 3.63) is 24.3 Å². The number of amides is 2. The van der Waals surface area contributed by atoms with Crippen molar-refractivity contribution in [1.29, 1.82) is 0 Å². The molecule has 0 unspecified atom stereocenters. The molecule has 2 amide bonds. The highest BCUT2D eigenvalue weighted by molar-refractivity contribution is 5.92. The van der Waals surface area contributed by atoms with E-state index in [9.17, 15) is 14.4 Å². The van der Waals surface area contributed by atoms with Crippen LogP contribution in [0.4, 0.5) is 5.69 Å². The van der Waals surface area contributed by atoms with E-state index in [2.05, 4.69) is 10.2 Å². The number of carbonyl (C=O) groups excluding carboxylic acids is 3. The van der Waals surface area contributed by atoms with Crippen LogP contribution >= 0.6 is 0 Å². The van der Waals surface area contributed by atoms with Crippen molar-refractivity contribution in [2.45, 2.75) is 38.9 Å². The van der Waals surface area contributed by atoms with Gasteiger partial charge in [-0.05, 0) is 43.5 Å². The minimum atomic E-state index is -0.787. The van der Waals surface area contributed by atoms with Crippen LogP contribution in [0.1, 0.15) is 26.7 Å². The molecule has 2 saturated heterocycles. The second-order valence-electron chi connectivity index (χ2n) is 8.18. The Bertz CT molecular complexity index is 791. The lowest BCUT2D eigenvalue weighted by Gasteiger charge is -2.36. The minimum Gasteiger partial charge on any atom is -0.497 e. The zero-order chi connectivity index (χ0) is 23.1. The van der Waals surface area contributed by atoms with Crippen LogP contribution in [0.3, 0.4) is 0 Å². The number of rotatable bonds is 10. The van der Waals surface area contributed by atoms with E-state index in [1.54, 1.807) is 14.0 Å². The summed E-state index contributed by atoms with van der Waals surface area (Å²) in [5, 5.41) is 2.78. The van der Waals surface area contributed by atoms with E-state index in [4.69, 9.17) is 14.2 Å². The molecule has 1 N–H and O–H groups in total. The van der Waals surface area contributed by atoms with E-state index < -0.39 is 18.2 Å². The quantitative estimate of drug-likeness (QED) is 0.425. The Labute approximate surface area is 189 Å². The fraction of sp³-hybridized carbons (Fsp3) is 0.609. The maximum absolute atomic E-state index is 12.7. The van der Waals surface area contributed by atoms with Gasteiger partial charge in [-0.3, -0.25) is 9.59 Å². The summed E-state index contributed by atoms with van der Waals surface area (Å²) in [5.41, 5.74) is 1.13. The molecule has 2 aliphatic heterocycles. The van der Waals surface area contributed by atoms with Gasteiger partial charge in [-0.1, -0.05) is 6.92 Å². The first-order valence-corrected chi connectivity index (χ1v) is 11.2. The second-order valence-corrected chi connectivity index (χ2v) is 8.18. The van der Waals surface area contributed by atoms with Crippen LogP contribution in [-0.4, -0.2) is 81.3 Å². The molecule has 0 saturated carbocycles. The van der Waals surface area contributed by atoms with Crippen molar-refractivity contribution >= 4 is 23.5 Å². The van der Waals surface area contributed by atoms with Crippen LogP contribution in [-0.2, 0) is 23.9 Å². The zero-order valence-electron chi connectivity index (χ0n) is 19.0. The summed E-state index contributed by atoms with van der Waals surface area (Å²) in [4.78, 5) is 40.4. The predicted octanol–water partition coefficient (Wildman–Crippen LogP) is 1.21. The predicted molar refractivity (Wildman–Crippen MR) is 118 cm³/mol. The Hall–Kier alpha value is -2.81. The van der Waals surface area contributed by atoms with Gasteiger partial charge in [-0.15, -0.1) is 0 Å². The number of carbonyl (C=O) groups is 3. The Balaban J connectivity index is 1.32. The van der Waals surface area contributed by atoms with Gasteiger partial charge in [0.1, 0.15) is 5.75 Å². The van der Waals surface area contributed by atoms with Crippen molar-refractivity contribution in [3.63, 3.8) is 0 Å². The molecule has 0 bridgehead atoms. The summed E-state index contributed by atoms with van der Waals surface area (Å²) in [6.45, 7) is 7.40. The van der Waals surface area contributed by atoms with Gasteiger partial charge in [0.15, 0.2) is 12.2 Å². The van der Waals surface area contributed by atoms with Gasteiger partial charge in [0.05, 0.1) is 13.7 Å². The van der Waals surface area contributed by atoms with Crippen LogP contribution < -0.4 is 15.0 Å². The molecule has 0 spiro atoms. The molecule has 1 aromatic rings. The molecule has 2 fully saturated rings. The maximum Gasteiger partial charge on any atom is 0.338 e. The van der Waals surface area contributed by atoms with Gasteiger partial charge < -0.3 is 29.3 Å². The monoisotopic (exact) mass is 447 g/mol. The fourth-order valence-corrected chi connectivity index (χ4v) is 3.79. The number of hydrogen-bond donors (Lipinski definition) is 1. The molecular formula is C23H33N3O6. The molecule has 9 nitrogen and oxygen atoms in total. The molecule has 3 atom stereocenters. The van der Waals surface area contributed by atoms with E-state index >= 15 is 0 Å². The molecule has 176 valence electrons. The lowest BCUT2D eigenvalue weighted by molar-refractivity contribution is -0.144. The van der Waals surface area contributed by atoms with Gasteiger partial charge in [0.25, 0.3) is 5.91 Å². The van der Waals surface area contributed by atoms with E-state index in [-0.39, 0.29) is 24.3 Å². The molecule has 2 heterocycles. The smallest absolute Gasteiger partial charge is 0.338 e. The lowest BCUT2D eigenvalue weighted by atomic mass is 10.0. The largest absolute Gasteiger partial charge is 0.497 e. The summed E-state index contributed by atoms with van der Waals surface area (Å²) in [6.07, 6.45) is -0.414. The molecule has 2 aliphatic rings. The van der Waals surface area contributed by atoms with E-state index in [0.29, 0.717) is 32.5 Å². The number of methoxy groups -OCH3 is 1. The van der Waals surface area contributed by atoms with Gasteiger partial charge in [0, 0.05) is 44.8 Å². The number of piperazine rings is 1. The number of hydrogen-bond acceptors (Lipinski definition) is 7. The summed E-state index contributed by atoms with van der Waals surface area (Å²) in [6, 6.07) is 7.96. The van der Waals surface area contributed by atoms with E-state index in [1.165, 1.54) is 0 Å². The number of esters is 1. The summed E-state index contributed by atoms with van der Waals surface area (Å²) in [5.74, 6) is 0.306. The second kappa shape index (κ2) is 11.2. The number of nitrogens with one attached hydrogen (secondary N) is 1. The fourth-order valence-electron chi connectivity index (χ4n) is 3.79. The summed E-state index contributed by atoms with van der Waals surface area (Å²) >= 11 is 0. The number of nitrogens with zero attached hydrogens (tertiary/aromatic N) is 2. The Morgan fingerprint density at radius 1 is 1.12 bits per heavy atom. The van der Waals surface area contributed by atoms with Crippen LogP contribution in [0.15, 0.2) is 24.3 Å². The van der Waals surface area contributed by atoms with E-state index in [0.717, 1.165) is 24.5 Å².